The third-order valence-electron chi connectivity index (χ3n) is 3.84. The molecule has 0 saturated carbocycles. The number of benzene rings is 1. The first-order valence-corrected chi connectivity index (χ1v) is 9.06. The van der Waals surface area contributed by atoms with Crippen LogP contribution in [0.3, 0.4) is 0 Å². The van der Waals surface area contributed by atoms with E-state index in [-0.39, 0.29) is 5.91 Å². The van der Waals surface area contributed by atoms with Gasteiger partial charge in [0.05, 0.1) is 10.6 Å². The first kappa shape index (κ1) is 17.2. The summed E-state index contributed by atoms with van der Waals surface area (Å²) in [6.45, 7) is 6.22. The topological polar surface area (TPSA) is 57.6 Å². The quantitative estimate of drug-likeness (QED) is 0.831. The van der Waals surface area contributed by atoms with E-state index < -0.39 is 0 Å². The molecule has 1 fully saturated rings. The molecule has 0 atom stereocenters. The maximum atomic E-state index is 12.1. The number of carbonyl (C=O) groups excluding carboxylic acids is 1. The summed E-state index contributed by atoms with van der Waals surface area (Å²) < 4.78 is 0. The number of thioether (sulfide) groups is 1. The van der Waals surface area contributed by atoms with Gasteiger partial charge in [-0.05, 0) is 67.6 Å². The fourth-order valence-corrected chi connectivity index (χ4v) is 3.38. The first-order valence-electron chi connectivity index (χ1n) is 8.24. The van der Waals surface area contributed by atoms with E-state index in [0.29, 0.717) is 10.1 Å². The second kappa shape index (κ2) is 7.98. The van der Waals surface area contributed by atoms with Gasteiger partial charge >= 0.3 is 0 Å². The van der Waals surface area contributed by atoms with Gasteiger partial charge in [-0.2, -0.15) is 0 Å². The third-order valence-corrected chi connectivity index (χ3v) is 4.75. The Morgan fingerprint density at radius 1 is 1.20 bits per heavy atom. The Balaban J connectivity index is 1.75. The summed E-state index contributed by atoms with van der Waals surface area (Å²) >= 11 is 1.34. The second-order valence-corrected chi connectivity index (χ2v) is 6.49. The number of hydrogen-bond donors (Lipinski definition) is 1. The van der Waals surface area contributed by atoms with Crippen LogP contribution in [0.25, 0.3) is 6.08 Å². The van der Waals surface area contributed by atoms with Crippen molar-refractivity contribution in [3.63, 3.8) is 0 Å². The number of anilines is 1. The molecule has 0 aliphatic carbocycles. The molecule has 0 radical (unpaired) electrons. The highest BCUT2D eigenvalue weighted by Gasteiger charge is 2.23. The van der Waals surface area contributed by atoms with Crippen molar-refractivity contribution >= 4 is 40.3 Å². The number of aromatic nitrogens is 1. The zero-order valence-electron chi connectivity index (χ0n) is 14.3. The molecule has 128 valence electrons. The van der Waals surface area contributed by atoms with E-state index in [1.165, 1.54) is 17.4 Å². The summed E-state index contributed by atoms with van der Waals surface area (Å²) in [4.78, 5) is 23.6. The van der Waals surface area contributed by atoms with Gasteiger partial charge in [0.1, 0.15) is 0 Å². The summed E-state index contributed by atoms with van der Waals surface area (Å²) in [6.07, 6.45) is 5.25. The number of carbonyl (C=O) groups is 1. The van der Waals surface area contributed by atoms with Crippen LogP contribution >= 0.6 is 11.8 Å². The maximum absolute atomic E-state index is 12.1. The molecular formula is C19H20N4OS. The van der Waals surface area contributed by atoms with Crippen LogP contribution in [0.2, 0.25) is 0 Å². The van der Waals surface area contributed by atoms with E-state index in [9.17, 15) is 4.79 Å². The molecule has 1 aliphatic heterocycles. The molecule has 0 unspecified atom stereocenters. The van der Waals surface area contributed by atoms with Crippen LogP contribution in [0.4, 0.5) is 11.4 Å². The molecule has 3 rings (SSSR count). The fraction of sp³-hybridized carbons (Fsp3) is 0.211. The number of nitrogens with one attached hydrogen (secondary N) is 1. The van der Waals surface area contributed by atoms with Gasteiger partial charge in [0.25, 0.3) is 5.91 Å². The normalized spacial score (nSPS) is 17.1. The minimum absolute atomic E-state index is 0.132. The highest BCUT2D eigenvalue weighted by molar-refractivity contribution is 8.18. The van der Waals surface area contributed by atoms with Crippen molar-refractivity contribution in [3.8, 4) is 0 Å². The van der Waals surface area contributed by atoms with E-state index in [4.69, 9.17) is 0 Å². The Morgan fingerprint density at radius 2 is 1.96 bits per heavy atom. The van der Waals surface area contributed by atoms with Crippen molar-refractivity contribution in [2.24, 2.45) is 4.99 Å². The predicted octanol–water partition coefficient (Wildman–Crippen LogP) is 3.82. The highest BCUT2D eigenvalue weighted by atomic mass is 32.2. The molecule has 1 saturated heterocycles. The Morgan fingerprint density at radius 3 is 2.60 bits per heavy atom. The van der Waals surface area contributed by atoms with Crippen LogP contribution in [0.15, 0.2) is 58.7 Å². The third kappa shape index (κ3) is 4.28. The number of nitrogens with zero attached hydrogens (tertiary/aromatic N) is 3. The zero-order chi connectivity index (χ0) is 17.6. The molecule has 1 aromatic heterocycles. The van der Waals surface area contributed by atoms with Gasteiger partial charge in [-0.1, -0.05) is 6.07 Å². The van der Waals surface area contributed by atoms with Gasteiger partial charge < -0.3 is 10.2 Å². The lowest BCUT2D eigenvalue weighted by atomic mass is 10.2. The minimum Gasteiger partial charge on any atom is -0.372 e. The summed E-state index contributed by atoms with van der Waals surface area (Å²) in [5.41, 5.74) is 2.89. The lowest BCUT2D eigenvalue weighted by molar-refractivity contribution is -0.115. The highest BCUT2D eigenvalue weighted by Crippen LogP contribution is 2.28. The number of pyridine rings is 1. The largest absolute Gasteiger partial charge is 0.372 e. The van der Waals surface area contributed by atoms with Gasteiger partial charge in [0.15, 0.2) is 5.17 Å². The van der Waals surface area contributed by atoms with Gasteiger partial charge in [0, 0.05) is 31.2 Å². The molecule has 1 aromatic carbocycles. The van der Waals surface area contributed by atoms with Crippen molar-refractivity contribution < 1.29 is 4.79 Å². The second-order valence-electron chi connectivity index (χ2n) is 5.46. The maximum Gasteiger partial charge on any atom is 0.264 e. The van der Waals surface area contributed by atoms with Crippen molar-refractivity contribution in [1.82, 2.24) is 10.3 Å². The SMILES string of the molecule is CCN(CC)c1ccc(N=C2NC(=O)/C(=C/c3cccnc3)S2)cc1. The molecule has 2 heterocycles. The predicted molar refractivity (Wildman–Crippen MR) is 105 cm³/mol. The molecule has 5 nitrogen and oxygen atoms in total. The molecule has 6 heteroatoms. The Labute approximate surface area is 151 Å². The first-order chi connectivity index (χ1) is 12.2. The number of hydrogen-bond acceptors (Lipinski definition) is 5. The summed E-state index contributed by atoms with van der Waals surface area (Å²) in [5.74, 6) is -0.132. The van der Waals surface area contributed by atoms with Gasteiger partial charge in [-0.15, -0.1) is 0 Å². The van der Waals surface area contributed by atoms with Gasteiger partial charge in [-0.3, -0.25) is 9.78 Å². The number of amidine groups is 1. The van der Waals surface area contributed by atoms with E-state index >= 15 is 0 Å². The smallest absolute Gasteiger partial charge is 0.264 e. The average Bonchev–Trinajstić information content (AvgIpc) is 2.97. The molecule has 0 bridgehead atoms. The lowest BCUT2D eigenvalue weighted by Crippen LogP contribution is -2.21. The van der Waals surface area contributed by atoms with Crippen LogP contribution < -0.4 is 10.2 Å². The van der Waals surface area contributed by atoms with Crippen LogP contribution in [0, 0.1) is 0 Å². The standard InChI is InChI=1S/C19H20N4OS/c1-3-23(4-2)16-9-7-15(8-10-16)21-19-22-18(24)17(25-19)12-14-6-5-11-20-13-14/h5-13H,3-4H2,1-2H3,(H,21,22,24)/b17-12-. The van der Waals surface area contributed by atoms with Crippen LogP contribution in [0.1, 0.15) is 19.4 Å². The van der Waals surface area contributed by atoms with E-state index in [1.54, 1.807) is 12.4 Å². The molecule has 2 aromatic rings. The number of rotatable bonds is 5. The van der Waals surface area contributed by atoms with Crippen molar-refractivity contribution in [3.05, 3.63) is 59.3 Å². The molecule has 1 amide bonds. The van der Waals surface area contributed by atoms with Crippen LogP contribution in [-0.4, -0.2) is 29.1 Å². The number of amides is 1. The Hall–Kier alpha value is -2.60. The molecular weight excluding hydrogens is 332 g/mol. The van der Waals surface area contributed by atoms with E-state index in [1.807, 2.05) is 30.3 Å². The van der Waals surface area contributed by atoms with Crippen molar-refractivity contribution in [2.45, 2.75) is 13.8 Å². The van der Waals surface area contributed by atoms with Crippen molar-refractivity contribution in [2.75, 3.05) is 18.0 Å². The monoisotopic (exact) mass is 352 g/mol. The summed E-state index contributed by atoms with van der Waals surface area (Å²) in [6, 6.07) is 11.8. The Bertz CT molecular complexity index is 796. The van der Waals surface area contributed by atoms with E-state index in [2.05, 4.69) is 46.2 Å². The van der Waals surface area contributed by atoms with Crippen LogP contribution in [-0.2, 0) is 4.79 Å². The molecule has 25 heavy (non-hydrogen) atoms. The molecule has 0 spiro atoms. The Kier molecular flexibility index (Phi) is 5.50. The van der Waals surface area contributed by atoms with E-state index in [0.717, 1.165) is 24.3 Å². The van der Waals surface area contributed by atoms with Gasteiger partial charge in [-0.25, -0.2) is 4.99 Å². The lowest BCUT2D eigenvalue weighted by Gasteiger charge is -2.20. The van der Waals surface area contributed by atoms with Crippen LogP contribution in [0.5, 0.6) is 0 Å². The molecule has 1 aliphatic rings. The summed E-state index contributed by atoms with van der Waals surface area (Å²) in [5, 5.41) is 3.40. The van der Waals surface area contributed by atoms with Gasteiger partial charge in [0.2, 0.25) is 0 Å². The minimum atomic E-state index is -0.132. The fourth-order valence-electron chi connectivity index (χ4n) is 2.54. The average molecular weight is 352 g/mol. The number of aliphatic imine (C=N–C) groups is 1. The molecule has 1 N–H and O–H groups in total. The zero-order valence-corrected chi connectivity index (χ0v) is 15.1. The summed E-state index contributed by atoms with van der Waals surface area (Å²) in [7, 11) is 0. The van der Waals surface area contributed by atoms with Crippen molar-refractivity contribution in [1.29, 1.82) is 0 Å².